The third-order valence-electron chi connectivity index (χ3n) is 3.27. The molecule has 1 aliphatic rings. The van der Waals surface area contributed by atoms with Crippen molar-refractivity contribution in [2.75, 3.05) is 26.7 Å². The highest BCUT2D eigenvalue weighted by atomic mass is 32.2. The van der Waals surface area contributed by atoms with Crippen LogP contribution in [0, 0.1) is 0 Å². The number of carboxylic acids is 1. The Bertz CT molecular complexity index is 590. The molecule has 21 heavy (non-hydrogen) atoms. The molecule has 0 aromatic heterocycles. The van der Waals surface area contributed by atoms with Crippen LogP contribution in [-0.2, 0) is 26.3 Å². The summed E-state index contributed by atoms with van der Waals surface area (Å²) in [7, 11) is -2.22. The predicted molar refractivity (Wildman–Crippen MR) is 75.8 cm³/mol. The van der Waals surface area contributed by atoms with E-state index in [4.69, 9.17) is 9.84 Å². The summed E-state index contributed by atoms with van der Waals surface area (Å²) < 4.78 is 32.3. The van der Waals surface area contributed by atoms with Crippen LogP contribution in [0.4, 0.5) is 0 Å². The zero-order valence-electron chi connectivity index (χ0n) is 11.7. The van der Waals surface area contributed by atoms with Gasteiger partial charge >= 0.3 is 5.97 Å². The van der Waals surface area contributed by atoms with Gasteiger partial charge in [0.25, 0.3) is 10.2 Å². The zero-order valence-corrected chi connectivity index (χ0v) is 12.5. The molecule has 0 saturated carbocycles. The summed E-state index contributed by atoms with van der Waals surface area (Å²) >= 11 is 0. The van der Waals surface area contributed by atoms with E-state index in [1.165, 1.54) is 11.4 Å². The van der Waals surface area contributed by atoms with Crippen LogP contribution < -0.4 is 0 Å². The highest BCUT2D eigenvalue weighted by molar-refractivity contribution is 7.86. The largest absolute Gasteiger partial charge is 0.479 e. The van der Waals surface area contributed by atoms with Gasteiger partial charge in [-0.2, -0.15) is 17.0 Å². The molecular formula is C13H18N2O5S. The predicted octanol–water partition coefficient (Wildman–Crippen LogP) is 0.149. The van der Waals surface area contributed by atoms with Crippen molar-refractivity contribution in [2.24, 2.45) is 0 Å². The Balaban J connectivity index is 2.08. The normalized spacial score (nSPS) is 20.6. The first-order valence-electron chi connectivity index (χ1n) is 6.51. The lowest BCUT2D eigenvalue weighted by Gasteiger charge is -2.32. The number of morpholine rings is 1. The maximum absolute atomic E-state index is 12.5. The molecular weight excluding hydrogens is 296 g/mol. The van der Waals surface area contributed by atoms with Gasteiger partial charge in [-0.25, -0.2) is 4.79 Å². The average molecular weight is 314 g/mol. The minimum atomic E-state index is -3.70. The van der Waals surface area contributed by atoms with Crippen molar-refractivity contribution in [1.82, 2.24) is 8.61 Å². The Morgan fingerprint density at radius 2 is 2.10 bits per heavy atom. The van der Waals surface area contributed by atoms with E-state index in [9.17, 15) is 13.2 Å². The molecule has 1 aromatic rings. The lowest BCUT2D eigenvalue weighted by Crippen LogP contribution is -2.52. The second-order valence-corrected chi connectivity index (χ2v) is 6.84. The highest BCUT2D eigenvalue weighted by Gasteiger charge is 2.35. The highest BCUT2D eigenvalue weighted by Crippen LogP contribution is 2.15. The first kappa shape index (κ1) is 15.9. The Kier molecular flexibility index (Phi) is 4.94. The van der Waals surface area contributed by atoms with Gasteiger partial charge in [-0.05, 0) is 5.56 Å². The fraction of sp³-hybridized carbons (Fsp3) is 0.462. The number of hydrogen-bond acceptors (Lipinski definition) is 4. The van der Waals surface area contributed by atoms with E-state index in [2.05, 4.69) is 0 Å². The third kappa shape index (κ3) is 3.79. The Hall–Kier alpha value is -1.48. The lowest BCUT2D eigenvalue weighted by molar-refractivity contribution is -0.153. The molecule has 7 nitrogen and oxygen atoms in total. The smallest absolute Gasteiger partial charge is 0.334 e. The van der Waals surface area contributed by atoms with Crippen LogP contribution in [0.2, 0.25) is 0 Å². The summed E-state index contributed by atoms with van der Waals surface area (Å²) in [4.78, 5) is 10.9. The quantitative estimate of drug-likeness (QED) is 0.836. The van der Waals surface area contributed by atoms with E-state index in [0.717, 1.165) is 9.87 Å². The minimum Gasteiger partial charge on any atom is -0.479 e. The molecule has 0 spiro atoms. The molecule has 1 heterocycles. The molecule has 1 aliphatic heterocycles. The van der Waals surface area contributed by atoms with E-state index in [0.29, 0.717) is 0 Å². The molecule has 1 fully saturated rings. The fourth-order valence-corrected chi connectivity index (χ4v) is 3.44. The van der Waals surface area contributed by atoms with Crippen molar-refractivity contribution in [1.29, 1.82) is 0 Å². The van der Waals surface area contributed by atoms with Crippen molar-refractivity contribution >= 4 is 16.2 Å². The molecule has 1 N–H and O–H groups in total. The van der Waals surface area contributed by atoms with Gasteiger partial charge in [0.2, 0.25) is 0 Å². The molecule has 1 saturated heterocycles. The maximum Gasteiger partial charge on any atom is 0.334 e. The van der Waals surface area contributed by atoms with Crippen molar-refractivity contribution in [2.45, 2.75) is 12.6 Å². The van der Waals surface area contributed by atoms with Gasteiger partial charge in [0.05, 0.1) is 13.2 Å². The van der Waals surface area contributed by atoms with Gasteiger partial charge < -0.3 is 9.84 Å². The number of benzene rings is 1. The van der Waals surface area contributed by atoms with Gasteiger partial charge in [0.15, 0.2) is 6.10 Å². The van der Waals surface area contributed by atoms with Gasteiger partial charge in [0, 0.05) is 20.1 Å². The summed E-state index contributed by atoms with van der Waals surface area (Å²) in [6, 6.07) is 9.21. The first-order chi connectivity index (χ1) is 9.91. The van der Waals surface area contributed by atoms with Crippen LogP contribution in [-0.4, -0.2) is 61.0 Å². The maximum atomic E-state index is 12.5. The number of rotatable bonds is 5. The Morgan fingerprint density at radius 3 is 2.71 bits per heavy atom. The van der Waals surface area contributed by atoms with Crippen molar-refractivity contribution < 1.29 is 23.1 Å². The van der Waals surface area contributed by atoms with Crippen LogP contribution in [0.5, 0.6) is 0 Å². The van der Waals surface area contributed by atoms with Crippen LogP contribution in [0.3, 0.4) is 0 Å². The zero-order chi connectivity index (χ0) is 15.5. The topological polar surface area (TPSA) is 87.2 Å². The van der Waals surface area contributed by atoms with Crippen molar-refractivity contribution in [3.63, 3.8) is 0 Å². The van der Waals surface area contributed by atoms with E-state index < -0.39 is 22.3 Å². The molecule has 0 amide bonds. The van der Waals surface area contributed by atoms with Crippen LogP contribution in [0.15, 0.2) is 30.3 Å². The molecule has 2 rings (SSSR count). The Morgan fingerprint density at radius 1 is 1.43 bits per heavy atom. The number of ether oxygens (including phenoxy) is 1. The van der Waals surface area contributed by atoms with Gasteiger partial charge in [-0.15, -0.1) is 0 Å². The minimum absolute atomic E-state index is 0.0787. The molecule has 1 aromatic carbocycles. The standard InChI is InChI=1S/C13H18N2O5S/c1-14(9-11-5-3-2-4-6-11)21(18,19)15-7-8-20-12(10-15)13(16)17/h2-6,12H,7-10H2,1H3,(H,16,17). The van der Waals surface area contributed by atoms with Gasteiger partial charge in [-0.1, -0.05) is 30.3 Å². The van der Waals surface area contributed by atoms with Crippen LogP contribution >= 0.6 is 0 Å². The monoisotopic (exact) mass is 314 g/mol. The summed E-state index contributed by atoms with van der Waals surface area (Å²) in [6.07, 6.45) is -1.11. The molecule has 1 unspecified atom stereocenters. The molecule has 116 valence electrons. The summed E-state index contributed by atoms with van der Waals surface area (Å²) in [6.45, 7) is 0.301. The fourth-order valence-electron chi connectivity index (χ4n) is 2.10. The van der Waals surface area contributed by atoms with Gasteiger partial charge in [0.1, 0.15) is 0 Å². The molecule has 0 bridgehead atoms. The number of hydrogen-bond donors (Lipinski definition) is 1. The lowest BCUT2D eigenvalue weighted by atomic mass is 10.2. The van der Waals surface area contributed by atoms with E-state index >= 15 is 0 Å². The number of aliphatic carboxylic acids is 1. The molecule has 8 heteroatoms. The van der Waals surface area contributed by atoms with Crippen molar-refractivity contribution in [3.8, 4) is 0 Å². The van der Waals surface area contributed by atoms with E-state index in [1.54, 1.807) is 0 Å². The third-order valence-corrected chi connectivity index (χ3v) is 5.17. The van der Waals surface area contributed by atoms with E-state index in [-0.39, 0.29) is 26.2 Å². The van der Waals surface area contributed by atoms with E-state index in [1.807, 2.05) is 30.3 Å². The summed E-state index contributed by atoms with van der Waals surface area (Å²) in [5.41, 5.74) is 0.867. The summed E-state index contributed by atoms with van der Waals surface area (Å²) in [5.74, 6) is -1.15. The number of carboxylic acid groups (broad SMARTS) is 1. The average Bonchev–Trinajstić information content (AvgIpc) is 2.48. The Labute approximate surface area is 123 Å². The molecule has 0 aliphatic carbocycles. The number of nitrogens with zero attached hydrogens (tertiary/aromatic N) is 2. The first-order valence-corrected chi connectivity index (χ1v) is 7.90. The molecule has 1 atom stereocenters. The second kappa shape index (κ2) is 6.52. The van der Waals surface area contributed by atoms with Crippen LogP contribution in [0.1, 0.15) is 5.56 Å². The molecule has 0 radical (unpaired) electrons. The number of carbonyl (C=O) groups is 1. The van der Waals surface area contributed by atoms with Crippen LogP contribution in [0.25, 0.3) is 0 Å². The second-order valence-electron chi connectivity index (χ2n) is 4.81. The summed E-state index contributed by atoms with van der Waals surface area (Å²) in [5, 5.41) is 8.94. The SMILES string of the molecule is CN(Cc1ccccc1)S(=O)(=O)N1CCOC(C(=O)O)C1. The van der Waals surface area contributed by atoms with Crippen molar-refractivity contribution in [3.05, 3.63) is 35.9 Å². The van der Waals surface area contributed by atoms with Gasteiger partial charge in [-0.3, -0.25) is 0 Å².